The summed E-state index contributed by atoms with van der Waals surface area (Å²) >= 11 is 3.42. The van der Waals surface area contributed by atoms with Crippen LogP contribution in [-0.4, -0.2) is 53.3 Å². The Balaban J connectivity index is 1.51. The SMILES string of the molecule is CN1CCC[C@H]1COc1nc2c(F)c(Br)c(CCC#N)cc2c2c1ccn2C1C2CNC1C2. The van der Waals surface area contributed by atoms with Gasteiger partial charge in [-0.05, 0) is 78.8 Å². The van der Waals surface area contributed by atoms with E-state index in [9.17, 15) is 0 Å². The molecule has 4 atom stereocenters. The highest BCUT2D eigenvalue weighted by atomic mass is 79.9. The van der Waals surface area contributed by atoms with Crippen molar-refractivity contribution in [3.63, 3.8) is 0 Å². The van der Waals surface area contributed by atoms with Crippen LogP contribution in [0, 0.1) is 23.1 Å². The highest BCUT2D eigenvalue weighted by Gasteiger charge is 2.48. The van der Waals surface area contributed by atoms with E-state index in [0.29, 0.717) is 59.4 Å². The normalized spacial score (nSPS) is 26.7. The van der Waals surface area contributed by atoms with Crippen LogP contribution >= 0.6 is 15.9 Å². The van der Waals surface area contributed by atoms with Gasteiger partial charge in [-0.3, -0.25) is 0 Å². The van der Waals surface area contributed by atoms with Gasteiger partial charge in [-0.15, -0.1) is 0 Å². The minimum atomic E-state index is -0.382. The highest BCUT2D eigenvalue weighted by molar-refractivity contribution is 9.10. The molecule has 4 fully saturated rings. The number of ether oxygens (including phenoxy) is 1. The van der Waals surface area contributed by atoms with Crippen LogP contribution in [0.4, 0.5) is 4.39 Å². The molecule has 3 unspecified atom stereocenters. The summed E-state index contributed by atoms with van der Waals surface area (Å²) in [6.45, 7) is 2.66. The third-order valence-electron chi connectivity index (χ3n) is 7.88. The fourth-order valence-electron chi connectivity index (χ4n) is 5.99. The van der Waals surface area contributed by atoms with E-state index >= 15 is 4.39 Å². The lowest BCUT2D eigenvalue weighted by atomic mass is 9.80. The van der Waals surface area contributed by atoms with E-state index in [2.05, 4.69) is 56.1 Å². The number of likely N-dealkylation sites (N-methyl/N-ethyl adjacent to an activating group) is 1. The molecular formula is C25H27BrFN5O. The second kappa shape index (κ2) is 8.23. The maximum Gasteiger partial charge on any atom is 0.223 e. The van der Waals surface area contributed by atoms with E-state index in [-0.39, 0.29) is 5.82 Å². The van der Waals surface area contributed by atoms with Crippen molar-refractivity contribution in [2.45, 2.75) is 50.2 Å². The van der Waals surface area contributed by atoms with Crippen molar-refractivity contribution < 1.29 is 9.13 Å². The Hall–Kier alpha value is -2.21. The van der Waals surface area contributed by atoms with E-state index in [0.717, 1.165) is 41.4 Å². The zero-order valence-corrected chi connectivity index (χ0v) is 20.2. The second-order valence-electron chi connectivity index (χ2n) is 9.71. The molecule has 3 saturated heterocycles. The predicted octanol–water partition coefficient (Wildman–Crippen LogP) is 4.55. The van der Waals surface area contributed by atoms with Crippen LogP contribution in [0.5, 0.6) is 5.88 Å². The van der Waals surface area contributed by atoms with E-state index < -0.39 is 0 Å². The molecule has 8 heteroatoms. The monoisotopic (exact) mass is 511 g/mol. The fourth-order valence-corrected chi connectivity index (χ4v) is 6.49. The molecule has 1 N–H and O–H groups in total. The topological polar surface area (TPSA) is 66.1 Å². The number of hydrogen-bond acceptors (Lipinski definition) is 5. The molecule has 0 radical (unpaired) electrons. The van der Waals surface area contributed by atoms with Gasteiger partial charge in [0.2, 0.25) is 5.88 Å². The molecule has 4 aliphatic rings. The Bertz CT molecular complexity index is 1270. The average Bonchev–Trinajstić information content (AvgIpc) is 3.59. The van der Waals surface area contributed by atoms with Crippen LogP contribution in [0.25, 0.3) is 21.8 Å². The van der Waals surface area contributed by atoms with Gasteiger partial charge in [0.05, 0.1) is 27.5 Å². The number of nitriles is 1. The quantitative estimate of drug-likeness (QED) is 0.525. The van der Waals surface area contributed by atoms with Crippen molar-refractivity contribution in [2.24, 2.45) is 5.92 Å². The van der Waals surface area contributed by atoms with Gasteiger partial charge in [-0.25, -0.2) is 9.37 Å². The van der Waals surface area contributed by atoms with Gasteiger partial charge >= 0.3 is 0 Å². The van der Waals surface area contributed by atoms with Gasteiger partial charge in [0.1, 0.15) is 12.1 Å². The van der Waals surface area contributed by atoms with Crippen molar-refractivity contribution >= 4 is 37.7 Å². The average molecular weight is 512 g/mol. The van der Waals surface area contributed by atoms with Gasteiger partial charge in [-0.1, -0.05) is 0 Å². The zero-order chi connectivity index (χ0) is 22.7. The number of halogens is 2. The van der Waals surface area contributed by atoms with E-state index in [4.69, 9.17) is 15.0 Å². The summed E-state index contributed by atoms with van der Waals surface area (Å²) < 4.78 is 24.6. The second-order valence-corrected chi connectivity index (χ2v) is 10.5. The number of nitrogens with one attached hydrogen (secondary N) is 1. The van der Waals surface area contributed by atoms with Crippen molar-refractivity contribution in [1.29, 1.82) is 5.26 Å². The molecule has 1 aromatic carbocycles. The summed E-state index contributed by atoms with van der Waals surface area (Å²) in [5, 5.41) is 14.4. The lowest BCUT2D eigenvalue weighted by Crippen LogP contribution is -2.38. The number of benzene rings is 1. The van der Waals surface area contributed by atoms with Crippen molar-refractivity contribution in [2.75, 3.05) is 26.7 Å². The van der Waals surface area contributed by atoms with Crippen LogP contribution in [0.2, 0.25) is 0 Å². The van der Waals surface area contributed by atoms with Gasteiger partial charge in [0.15, 0.2) is 5.82 Å². The lowest BCUT2D eigenvalue weighted by Gasteiger charge is -2.36. The Kier molecular flexibility index (Phi) is 5.32. The van der Waals surface area contributed by atoms with E-state index in [1.807, 2.05) is 6.07 Å². The van der Waals surface area contributed by atoms with Gasteiger partial charge < -0.3 is 19.5 Å². The summed E-state index contributed by atoms with van der Waals surface area (Å²) in [7, 11) is 2.12. The fraction of sp³-hybridized carbons (Fsp3) is 0.520. The summed E-state index contributed by atoms with van der Waals surface area (Å²) in [5.74, 6) is 0.725. The summed E-state index contributed by atoms with van der Waals surface area (Å²) in [4.78, 5) is 7.02. The number of pyridine rings is 1. The lowest BCUT2D eigenvalue weighted by molar-refractivity contribution is 0.195. The number of fused-ring (bicyclic) bond motifs is 4. The van der Waals surface area contributed by atoms with Crippen LogP contribution in [-0.2, 0) is 6.42 Å². The highest BCUT2D eigenvalue weighted by Crippen LogP contribution is 2.47. The van der Waals surface area contributed by atoms with Gasteiger partial charge in [-0.2, -0.15) is 5.26 Å². The molecule has 0 amide bonds. The Labute approximate surface area is 200 Å². The van der Waals surface area contributed by atoms with Crippen LogP contribution < -0.4 is 10.1 Å². The van der Waals surface area contributed by atoms with Crippen molar-refractivity contribution in [1.82, 2.24) is 19.8 Å². The number of likely N-dealkylation sites (tertiary alicyclic amines) is 1. The predicted molar refractivity (Wildman–Crippen MR) is 129 cm³/mol. The summed E-state index contributed by atoms with van der Waals surface area (Å²) in [5.41, 5.74) is 2.11. The number of aryl methyl sites for hydroxylation is 1. The number of hydrogen-bond donors (Lipinski definition) is 1. The minimum Gasteiger partial charge on any atom is -0.476 e. The maximum atomic E-state index is 15.6. The number of aromatic nitrogens is 2. The third kappa shape index (κ3) is 3.36. The van der Waals surface area contributed by atoms with Gasteiger partial charge in [0, 0.05) is 36.6 Å². The van der Waals surface area contributed by atoms with E-state index in [1.54, 1.807) is 0 Å². The first kappa shape index (κ1) is 21.3. The van der Waals surface area contributed by atoms with Crippen molar-refractivity contribution in [3.05, 3.63) is 34.2 Å². The zero-order valence-electron chi connectivity index (χ0n) is 18.7. The van der Waals surface area contributed by atoms with Gasteiger partial charge in [0.25, 0.3) is 0 Å². The minimum absolute atomic E-state index is 0.324. The van der Waals surface area contributed by atoms with Crippen LogP contribution in [0.15, 0.2) is 22.8 Å². The first-order valence-electron chi connectivity index (χ1n) is 11.8. The first-order chi connectivity index (χ1) is 16.1. The molecule has 3 aliphatic heterocycles. The molecule has 7 rings (SSSR count). The van der Waals surface area contributed by atoms with Crippen LogP contribution in [0.3, 0.4) is 0 Å². The Morgan fingerprint density at radius 1 is 1.39 bits per heavy atom. The molecule has 2 bridgehead atoms. The standard InChI is InChI=1S/C25H27BrFN5O/c1-31-8-3-5-16(31)13-33-25-17-6-9-32(23-15-11-19(23)29-12-15)24(17)18-10-14(4-2-7-28)20(26)21(27)22(18)30-25/h6,9-10,15-16,19,23,29H,2-5,8,11-13H2,1H3/t15?,16-,19?,23?/m0/s1. The number of rotatable bonds is 6. The first-order valence-corrected chi connectivity index (χ1v) is 12.6. The Morgan fingerprint density at radius 3 is 2.97 bits per heavy atom. The molecule has 2 aromatic heterocycles. The molecule has 3 aromatic rings. The van der Waals surface area contributed by atoms with Crippen molar-refractivity contribution in [3.8, 4) is 11.9 Å². The maximum absolute atomic E-state index is 15.6. The summed E-state index contributed by atoms with van der Waals surface area (Å²) in [6, 6.07) is 7.44. The van der Waals surface area contributed by atoms with E-state index in [1.165, 1.54) is 12.8 Å². The Morgan fingerprint density at radius 2 is 2.27 bits per heavy atom. The molecule has 5 heterocycles. The number of nitrogens with zero attached hydrogens (tertiary/aromatic N) is 4. The molecule has 1 aliphatic carbocycles. The largest absolute Gasteiger partial charge is 0.476 e. The molecule has 1 saturated carbocycles. The van der Waals surface area contributed by atoms with Crippen LogP contribution in [0.1, 0.15) is 37.3 Å². The molecule has 6 nitrogen and oxygen atoms in total. The third-order valence-corrected chi connectivity index (χ3v) is 8.73. The molecule has 33 heavy (non-hydrogen) atoms. The molecular weight excluding hydrogens is 485 g/mol. The molecule has 0 spiro atoms. The molecule has 172 valence electrons. The summed E-state index contributed by atoms with van der Waals surface area (Å²) in [6.07, 6.45) is 6.42. The smallest absolute Gasteiger partial charge is 0.223 e.